The van der Waals surface area contributed by atoms with Gasteiger partial charge in [-0.3, -0.25) is 4.90 Å². The van der Waals surface area contributed by atoms with Crippen LogP contribution in [0.2, 0.25) is 5.02 Å². The summed E-state index contributed by atoms with van der Waals surface area (Å²) in [4.78, 5) is 2.21. The summed E-state index contributed by atoms with van der Waals surface area (Å²) in [5.41, 5.74) is 1.02. The standard InChI is InChI=1S/C22H30ClNO4/c1-16(2)12-24(13-17-6-5-7-21(26-3)22(17)27-4)14-19(25)15-28-20-10-8-18(23)9-11-20/h5-11,16,19,25H,12-15H2,1-4H3. The molecule has 0 aliphatic carbocycles. The van der Waals surface area contributed by atoms with Crippen LogP contribution in [-0.4, -0.2) is 50.0 Å². The third kappa shape index (κ3) is 6.89. The first-order chi connectivity index (χ1) is 13.4. The second-order valence-corrected chi connectivity index (χ2v) is 7.60. The van der Waals surface area contributed by atoms with E-state index in [1.165, 1.54) is 0 Å². The molecule has 0 heterocycles. The van der Waals surface area contributed by atoms with Crippen molar-refractivity contribution in [2.75, 3.05) is 33.9 Å². The molecule has 0 aromatic heterocycles. The second-order valence-electron chi connectivity index (χ2n) is 7.16. The minimum Gasteiger partial charge on any atom is -0.493 e. The summed E-state index contributed by atoms with van der Waals surface area (Å²) >= 11 is 5.88. The highest BCUT2D eigenvalue weighted by Gasteiger charge is 2.18. The third-order valence-electron chi connectivity index (χ3n) is 4.23. The van der Waals surface area contributed by atoms with E-state index in [-0.39, 0.29) is 6.61 Å². The molecule has 154 valence electrons. The molecule has 0 bridgehead atoms. The first kappa shape index (κ1) is 22.3. The monoisotopic (exact) mass is 407 g/mol. The van der Waals surface area contributed by atoms with Gasteiger partial charge in [0.05, 0.1) is 14.2 Å². The van der Waals surface area contributed by atoms with Crippen LogP contribution in [-0.2, 0) is 6.54 Å². The van der Waals surface area contributed by atoms with Gasteiger partial charge in [0.25, 0.3) is 0 Å². The zero-order valence-corrected chi connectivity index (χ0v) is 17.8. The van der Waals surface area contributed by atoms with Gasteiger partial charge in [0, 0.05) is 30.2 Å². The highest BCUT2D eigenvalue weighted by Crippen LogP contribution is 2.31. The van der Waals surface area contributed by atoms with Crippen molar-refractivity contribution in [1.29, 1.82) is 0 Å². The molecule has 0 spiro atoms. The van der Waals surface area contributed by atoms with Gasteiger partial charge in [-0.25, -0.2) is 0 Å². The molecule has 1 atom stereocenters. The Bertz CT molecular complexity index is 721. The molecule has 2 rings (SSSR count). The topological polar surface area (TPSA) is 51.2 Å². The van der Waals surface area contributed by atoms with E-state index in [1.807, 2.05) is 18.2 Å². The van der Waals surface area contributed by atoms with Crippen LogP contribution in [0.4, 0.5) is 0 Å². The van der Waals surface area contributed by atoms with Crippen LogP contribution in [0.1, 0.15) is 19.4 Å². The van der Waals surface area contributed by atoms with Crippen molar-refractivity contribution in [2.24, 2.45) is 5.92 Å². The van der Waals surface area contributed by atoms with Crippen molar-refractivity contribution in [2.45, 2.75) is 26.5 Å². The lowest BCUT2D eigenvalue weighted by Gasteiger charge is -2.27. The van der Waals surface area contributed by atoms with Crippen LogP contribution in [0.25, 0.3) is 0 Å². The normalized spacial score (nSPS) is 12.3. The highest BCUT2D eigenvalue weighted by atomic mass is 35.5. The molecule has 2 aromatic carbocycles. The molecular formula is C22H30ClNO4. The Kier molecular flexibility index (Phi) is 8.90. The second kappa shape index (κ2) is 11.1. The molecule has 2 aromatic rings. The largest absolute Gasteiger partial charge is 0.493 e. The lowest BCUT2D eigenvalue weighted by molar-refractivity contribution is 0.0612. The number of hydrogen-bond acceptors (Lipinski definition) is 5. The summed E-state index contributed by atoms with van der Waals surface area (Å²) in [5.74, 6) is 2.58. The van der Waals surface area contributed by atoms with Gasteiger partial charge < -0.3 is 19.3 Å². The minimum atomic E-state index is -0.619. The Hall–Kier alpha value is -1.95. The first-order valence-electron chi connectivity index (χ1n) is 9.41. The minimum absolute atomic E-state index is 0.214. The fraction of sp³-hybridized carbons (Fsp3) is 0.455. The van der Waals surface area contributed by atoms with Gasteiger partial charge in [0.1, 0.15) is 18.5 Å². The number of hydrogen-bond donors (Lipinski definition) is 1. The predicted molar refractivity (Wildman–Crippen MR) is 113 cm³/mol. The van der Waals surface area contributed by atoms with E-state index in [9.17, 15) is 5.11 Å². The molecule has 0 aliphatic heterocycles. The van der Waals surface area contributed by atoms with E-state index < -0.39 is 6.10 Å². The summed E-state index contributed by atoms with van der Waals surface area (Å²) in [7, 11) is 3.27. The van der Waals surface area contributed by atoms with Crippen molar-refractivity contribution >= 4 is 11.6 Å². The molecule has 0 saturated heterocycles. The molecular weight excluding hydrogens is 378 g/mol. The molecule has 5 nitrogen and oxygen atoms in total. The van der Waals surface area contributed by atoms with Gasteiger partial charge in [0.15, 0.2) is 11.5 Å². The quantitative estimate of drug-likeness (QED) is 0.603. The fourth-order valence-corrected chi connectivity index (χ4v) is 3.24. The SMILES string of the molecule is COc1cccc(CN(CC(C)C)CC(O)COc2ccc(Cl)cc2)c1OC. The number of halogens is 1. The van der Waals surface area contributed by atoms with Crippen LogP contribution in [0, 0.1) is 5.92 Å². The molecule has 0 amide bonds. The summed E-state index contributed by atoms with van der Waals surface area (Å²) in [6.07, 6.45) is -0.619. The number of aliphatic hydroxyl groups is 1. The highest BCUT2D eigenvalue weighted by molar-refractivity contribution is 6.30. The number of aliphatic hydroxyl groups excluding tert-OH is 1. The number of rotatable bonds is 11. The van der Waals surface area contributed by atoms with Crippen molar-refractivity contribution < 1.29 is 19.3 Å². The number of methoxy groups -OCH3 is 2. The van der Waals surface area contributed by atoms with Gasteiger partial charge in [-0.1, -0.05) is 37.6 Å². The van der Waals surface area contributed by atoms with Crippen LogP contribution < -0.4 is 14.2 Å². The molecule has 0 saturated carbocycles. The average molecular weight is 408 g/mol. The van der Waals surface area contributed by atoms with Crippen LogP contribution in [0.15, 0.2) is 42.5 Å². The summed E-state index contributed by atoms with van der Waals surface area (Å²) in [6.45, 7) is 6.52. The number of benzene rings is 2. The average Bonchev–Trinajstić information content (AvgIpc) is 2.66. The lowest BCUT2D eigenvalue weighted by Crippen LogP contribution is -2.37. The van der Waals surface area contributed by atoms with Crippen LogP contribution >= 0.6 is 11.6 Å². The van der Waals surface area contributed by atoms with E-state index in [4.69, 9.17) is 25.8 Å². The maximum atomic E-state index is 10.5. The van der Waals surface area contributed by atoms with Crippen LogP contribution in [0.5, 0.6) is 17.2 Å². The summed E-state index contributed by atoms with van der Waals surface area (Å²) < 4.78 is 16.6. The Labute approximate surface area is 172 Å². The van der Waals surface area contributed by atoms with Gasteiger partial charge in [-0.2, -0.15) is 0 Å². The van der Waals surface area contributed by atoms with Crippen molar-refractivity contribution in [3.05, 3.63) is 53.1 Å². The maximum absolute atomic E-state index is 10.5. The Morgan fingerprint density at radius 3 is 2.32 bits per heavy atom. The summed E-state index contributed by atoms with van der Waals surface area (Å²) in [6, 6.07) is 13.0. The van der Waals surface area contributed by atoms with Gasteiger partial charge >= 0.3 is 0 Å². The Morgan fingerprint density at radius 2 is 1.71 bits per heavy atom. The smallest absolute Gasteiger partial charge is 0.165 e. The fourth-order valence-electron chi connectivity index (χ4n) is 3.11. The molecule has 28 heavy (non-hydrogen) atoms. The zero-order valence-electron chi connectivity index (χ0n) is 17.0. The lowest BCUT2D eigenvalue weighted by atomic mass is 10.1. The van der Waals surface area contributed by atoms with E-state index in [0.717, 1.165) is 17.9 Å². The number of ether oxygens (including phenoxy) is 3. The molecule has 0 aliphatic rings. The molecule has 6 heteroatoms. The molecule has 1 unspecified atom stereocenters. The molecule has 0 fully saturated rings. The van der Waals surface area contributed by atoms with Gasteiger partial charge in [0.2, 0.25) is 0 Å². The molecule has 0 radical (unpaired) electrons. The van der Waals surface area contributed by atoms with Crippen molar-refractivity contribution in [1.82, 2.24) is 4.90 Å². The van der Waals surface area contributed by atoms with E-state index in [2.05, 4.69) is 18.7 Å². The van der Waals surface area contributed by atoms with Crippen LogP contribution in [0.3, 0.4) is 0 Å². The van der Waals surface area contributed by atoms with Crippen molar-refractivity contribution in [3.8, 4) is 17.2 Å². The first-order valence-corrected chi connectivity index (χ1v) is 9.79. The zero-order chi connectivity index (χ0) is 20.5. The van der Waals surface area contributed by atoms with Crippen molar-refractivity contribution in [3.63, 3.8) is 0 Å². The third-order valence-corrected chi connectivity index (χ3v) is 4.48. The predicted octanol–water partition coefficient (Wildman–Crippen LogP) is 4.26. The van der Waals surface area contributed by atoms with Gasteiger partial charge in [-0.05, 0) is 36.2 Å². The number of para-hydroxylation sites is 1. The maximum Gasteiger partial charge on any atom is 0.165 e. The molecule has 1 N–H and O–H groups in total. The van der Waals surface area contributed by atoms with E-state index in [0.29, 0.717) is 35.5 Å². The summed E-state index contributed by atoms with van der Waals surface area (Å²) in [5, 5.41) is 11.2. The Morgan fingerprint density at radius 1 is 1.00 bits per heavy atom. The van der Waals surface area contributed by atoms with Gasteiger partial charge in [-0.15, -0.1) is 0 Å². The van der Waals surface area contributed by atoms with E-state index in [1.54, 1.807) is 38.5 Å². The van der Waals surface area contributed by atoms with E-state index >= 15 is 0 Å². The number of nitrogens with zero attached hydrogens (tertiary/aromatic N) is 1. The Balaban J connectivity index is 2.01.